The Morgan fingerprint density at radius 3 is 2.17 bits per heavy atom. The molecule has 41 heavy (non-hydrogen) atoms. The summed E-state index contributed by atoms with van der Waals surface area (Å²) >= 11 is 0.998. The minimum atomic E-state index is -3.26. The molecule has 0 saturated heterocycles. The molecule has 1 aliphatic carbocycles. The van der Waals surface area contributed by atoms with Crippen molar-refractivity contribution in [2.75, 3.05) is 13.2 Å². The topological polar surface area (TPSA) is 124 Å². The predicted octanol–water partition coefficient (Wildman–Crippen LogP) is 3.70. The van der Waals surface area contributed by atoms with Crippen LogP contribution in [0.4, 0.5) is 17.6 Å². The molecule has 3 atom stereocenters. The molecular weight excluding hydrogens is 570 g/mol. The molecule has 224 valence electrons. The van der Waals surface area contributed by atoms with Crippen LogP contribution in [0.2, 0.25) is 0 Å². The highest BCUT2D eigenvalue weighted by molar-refractivity contribution is 7.13. The lowest BCUT2D eigenvalue weighted by atomic mass is 9.91. The van der Waals surface area contributed by atoms with E-state index in [4.69, 9.17) is 0 Å². The van der Waals surface area contributed by atoms with Gasteiger partial charge < -0.3 is 20.1 Å². The number of amides is 2. The van der Waals surface area contributed by atoms with Gasteiger partial charge in [-0.15, -0.1) is 11.3 Å². The molecule has 1 heterocycles. The number of aromatic nitrogens is 1. The first-order valence-corrected chi connectivity index (χ1v) is 13.6. The average Bonchev–Trinajstić information content (AvgIpc) is 3.53. The normalized spacial score (nSPS) is 16.2. The molecule has 0 bridgehead atoms. The number of thiazole rings is 1. The Morgan fingerprint density at radius 2 is 1.61 bits per heavy atom. The van der Waals surface area contributed by atoms with Crippen molar-refractivity contribution in [2.24, 2.45) is 11.3 Å². The summed E-state index contributed by atoms with van der Waals surface area (Å²) in [6, 6.07) is 6.21. The number of benzene rings is 1. The third-order valence-electron chi connectivity index (χ3n) is 6.68. The molecule has 2 N–H and O–H groups in total. The van der Waals surface area contributed by atoms with E-state index in [2.05, 4.69) is 25.1 Å². The highest BCUT2D eigenvalue weighted by Gasteiger charge is 2.48. The highest BCUT2D eigenvalue weighted by Crippen LogP contribution is 2.46. The number of rotatable bonds is 17. The van der Waals surface area contributed by atoms with Crippen molar-refractivity contribution in [1.29, 1.82) is 0 Å². The number of ether oxygens (including phenoxy) is 2. The van der Waals surface area contributed by atoms with E-state index >= 15 is 0 Å². The second kappa shape index (κ2) is 14.6. The standard InChI is InChI=1S/C27H31F4N3O6S/c1-15-32-12-21(41-15)24(38)34-19(14-40-26(30)31)20(35)11-17(13-39-25(28)29)23(37)33-18(22(36)27(2)8-9-27)10-16-6-4-3-5-7-16/h3-7,12,17-19,25-26H,8-11,13-14H2,1-2H3,(H,33,37)(H,34,38)/t17-,18-,19-/m0/s1. The lowest BCUT2D eigenvalue weighted by Crippen LogP contribution is -2.50. The Morgan fingerprint density at radius 1 is 0.976 bits per heavy atom. The van der Waals surface area contributed by atoms with Crippen molar-refractivity contribution < 1.29 is 46.2 Å². The number of aryl methyl sites for hydroxylation is 1. The number of Topliss-reactive ketones (excluding diaryl/α,β-unsaturated/α-hetero) is 2. The van der Waals surface area contributed by atoms with Crippen LogP contribution in [0.3, 0.4) is 0 Å². The van der Waals surface area contributed by atoms with Crippen LogP contribution in [0.5, 0.6) is 0 Å². The number of hydrogen-bond donors (Lipinski definition) is 2. The van der Waals surface area contributed by atoms with E-state index in [1.807, 2.05) is 0 Å². The van der Waals surface area contributed by atoms with Crippen LogP contribution < -0.4 is 10.6 Å². The number of ketones is 2. The summed E-state index contributed by atoms with van der Waals surface area (Å²) in [5.41, 5.74) is 0.117. The summed E-state index contributed by atoms with van der Waals surface area (Å²) in [5.74, 6) is -4.38. The number of alkyl halides is 4. The molecule has 3 rings (SSSR count). The first-order chi connectivity index (χ1) is 19.4. The van der Waals surface area contributed by atoms with E-state index in [1.165, 1.54) is 6.20 Å². The Kier molecular flexibility index (Phi) is 11.5. The summed E-state index contributed by atoms with van der Waals surface area (Å²) in [6.45, 7) is -4.96. The second-order valence-electron chi connectivity index (χ2n) is 10.0. The summed E-state index contributed by atoms with van der Waals surface area (Å²) < 4.78 is 59.9. The third-order valence-corrected chi connectivity index (χ3v) is 7.59. The fraction of sp³-hybridized carbons (Fsp3) is 0.519. The molecule has 1 fully saturated rings. The molecule has 1 aliphatic rings. The lowest BCUT2D eigenvalue weighted by molar-refractivity contribution is -0.155. The molecule has 0 radical (unpaired) electrons. The van der Waals surface area contributed by atoms with Crippen LogP contribution in [0, 0.1) is 18.3 Å². The first kappa shape index (κ1) is 32.3. The average molecular weight is 602 g/mol. The SMILES string of the molecule is Cc1ncc(C(=O)N[C@@H](COC(F)F)C(=O)C[C@@H](COC(F)F)C(=O)N[C@@H](Cc2ccccc2)C(=O)C2(C)CC2)s1. The van der Waals surface area contributed by atoms with Crippen LogP contribution in [0.15, 0.2) is 36.5 Å². The summed E-state index contributed by atoms with van der Waals surface area (Å²) in [7, 11) is 0. The van der Waals surface area contributed by atoms with Crippen molar-refractivity contribution in [3.05, 3.63) is 52.0 Å². The maximum absolute atomic E-state index is 13.3. The van der Waals surface area contributed by atoms with Gasteiger partial charge in [0.15, 0.2) is 11.6 Å². The molecule has 1 aromatic heterocycles. The molecular formula is C27H31F4N3O6S. The van der Waals surface area contributed by atoms with Gasteiger partial charge in [0.25, 0.3) is 5.91 Å². The zero-order chi connectivity index (χ0) is 30.2. The van der Waals surface area contributed by atoms with Crippen molar-refractivity contribution in [3.63, 3.8) is 0 Å². The maximum Gasteiger partial charge on any atom is 0.345 e. The van der Waals surface area contributed by atoms with Gasteiger partial charge in [0.1, 0.15) is 10.9 Å². The van der Waals surface area contributed by atoms with Crippen molar-refractivity contribution in [1.82, 2.24) is 15.6 Å². The second-order valence-corrected chi connectivity index (χ2v) is 11.2. The van der Waals surface area contributed by atoms with Gasteiger partial charge >= 0.3 is 13.2 Å². The van der Waals surface area contributed by atoms with Crippen LogP contribution in [-0.4, -0.2) is 66.9 Å². The highest BCUT2D eigenvalue weighted by atomic mass is 32.1. The number of nitrogens with one attached hydrogen (secondary N) is 2. The van der Waals surface area contributed by atoms with E-state index in [9.17, 15) is 36.7 Å². The molecule has 2 aromatic rings. The first-order valence-electron chi connectivity index (χ1n) is 12.8. The van der Waals surface area contributed by atoms with Crippen molar-refractivity contribution >= 4 is 34.7 Å². The Labute approximate surface area is 238 Å². The third kappa shape index (κ3) is 9.97. The summed E-state index contributed by atoms with van der Waals surface area (Å²) in [4.78, 5) is 56.2. The Balaban J connectivity index is 1.77. The van der Waals surface area contributed by atoms with Crippen LogP contribution in [0.1, 0.15) is 46.4 Å². The van der Waals surface area contributed by atoms with Crippen molar-refractivity contribution in [3.8, 4) is 0 Å². The number of halogens is 4. The minimum absolute atomic E-state index is 0.100. The van der Waals surface area contributed by atoms with Gasteiger partial charge in [-0.2, -0.15) is 17.6 Å². The number of carbonyl (C=O) groups is 4. The summed E-state index contributed by atoms with van der Waals surface area (Å²) in [6.07, 6.45) is 1.87. The fourth-order valence-electron chi connectivity index (χ4n) is 4.08. The van der Waals surface area contributed by atoms with E-state index in [-0.39, 0.29) is 17.1 Å². The van der Waals surface area contributed by atoms with E-state index in [0.717, 1.165) is 16.9 Å². The Hall–Kier alpha value is -3.23. The number of nitrogens with zero attached hydrogens (tertiary/aromatic N) is 1. The van der Waals surface area contributed by atoms with E-state index < -0.39 is 73.9 Å². The zero-order valence-corrected chi connectivity index (χ0v) is 23.2. The maximum atomic E-state index is 13.3. The number of carbonyl (C=O) groups excluding carboxylic acids is 4. The van der Waals surface area contributed by atoms with Gasteiger partial charge in [-0.3, -0.25) is 19.2 Å². The summed E-state index contributed by atoms with van der Waals surface area (Å²) in [5, 5.41) is 5.41. The van der Waals surface area contributed by atoms with Gasteiger partial charge in [0.2, 0.25) is 5.91 Å². The fourth-order valence-corrected chi connectivity index (χ4v) is 4.76. The monoisotopic (exact) mass is 601 g/mol. The van der Waals surface area contributed by atoms with Gasteiger partial charge in [-0.1, -0.05) is 37.3 Å². The minimum Gasteiger partial charge on any atom is -0.346 e. The molecule has 14 heteroatoms. The molecule has 0 spiro atoms. The molecule has 1 saturated carbocycles. The van der Waals surface area contributed by atoms with Crippen LogP contribution >= 0.6 is 11.3 Å². The van der Waals surface area contributed by atoms with E-state index in [0.29, 0.717) is 17.8 Å². The predicted molar refractivity (Wildman–Crippen MR) is 140 cm³/mol. The van der Waals surface area contributed by atoms with E-state index in [1.54, 1.807) is 44.2 Å². The van der Waals surface area contributed by atoms with Gasteiger partial charge in [0.05, 0.1) is 36.4 Å². The zero-order valence-electron chi connectivity index (χ0n) is 22.4. The smallest absolute Gasteiger partial charge is 0.345 e. The van der Waals surface area contributed by atoms with Crippen LogP contribution in [0.25, 0.3) is 0 Å². The Bertz CT molecular complexity index is 1210. The van der Waals surface area contributed by atoms with Gasteiger partial charge in [-0.05, 0) is 31.7 Å². The molecule has 9 nitrogen and oxygen atoms in total. The van der Waals surface area contributed by atoms with Crippen LogP contribution in [-0.2, 0) is 30.3 Å². The largest absolute Gasteiger partial charge is 0.346 e. The molecule has 1 aromatic carbocycles. The quantitative estimate of drug-likeness (QED) is 0.265. The molecule has 0 aliphatic heterocycles. The van der Waals surface area contributed by atoms with Crippen molar-refractivity contribution in [2.45, 2.75) is 64.8 Å². The molecule has 0 unspecified atom stereocenters. The van der Waals surface area contributed by atoms with Gasteiger partial charge in [0, 0.05) is 11.8 Å². The molecule has 2 amide bonds. The number of hydrogen-bond acceptors (Lipinski definition) is 8. The lowest BCUT2D eigenvalue weighted by Gasteiger charge is -2.25. The van der Waals surface area contributed by atoms with Gasteiger partial charge in [-0.25, -0.2) is 4.98 Å².